The maximum Gasteiger partial charge on any atom is 0.244 e. The van der Waals surface area contributed by atoms with Gasteiger partial charge in [-0.2, -0.15) is 4.98 Å². The Morgan fingerprint density at radius 1 is 1.07 bits per heavy atom. The van der Waals surface area contributed by atoms with Crippen molar-refractivity contribution in [1.29, 1.82) is 0 Å². The van der Waals surface area contributed by atoms with E-state index in [1.165, 1.54) is 38.7 Å². The topological polar surface area (TPSA) is 99.6 Å². The number of benzene rings is 1. The Labute approximate surface area is 169 Å². The van der Waals surface area contributed by atoms with Gasteiger partial charge in [-0.05, 0) is 43.9 Å². The number of sulfonamides is 1. The minimum atomic E-state index is -3.75. The van der Waals surface area contributed by atoms with Gasteiger partial charge in [0.15, 0.2) is 0 Å². The Morgan fingerprint density at radius 3 is 2.46 bits per heavy atom. The van der Waals surface area contributed by atoms with Crippen LogP contribution in [0.2, 0.25) is 5.02 Å². The molecule has 1 aromatic carbocycles. The molecule has 1 aliphatic carbocycles. The van der Waals surface area contributed by atoms with E-state index in [0.717, 1.165) is 0 Å². The summed E-state index contributed by atoms with van der Waals surface area (Å²) in [5.74, 6) is 1.03. The second-order valence-corrected chi connectivity index (χ2v) is 8.53. The van der Waals surface area contributed by atoms with Crippen LogP contribution in [0.5, 0.6) is 17.5 Å². The lowest BCUT2D eigenvalue weighted by molar-refractivity contribution is 0.136. The maximum absolute atomic E-state index is 12.8. The summed E-state index contributed by atoms with van der Waals surface area (Å²) in [5, 5.41) is 0.331. The minimum Gasteiger partial charge on any atom is -0.495 e. The van der Waals surface area contributed by atoms with Gasteiger partial charge in [0.25, 0.3) is 0 Å². The number of aromatic nitrogens is 2. The van der Waals surface area contributed by atoms with Gasteiger partial charge in [-0.15, -0.1) is 0 Å². The highest BCUT2D eigenvalue weighted by atomic mass is 35.5. The molecule has 3 rings (SSSR count). The Morgan fingerprint density at radius 2 is 1.79 bits per heavy atom. The van der Waals surface area contributed by atoms with Gasteiger partial charge in [0.05, 0.1) is 26.6 Å². The summed E-state index contributed by atoms with van der Waals surface area (Å²) in [6, 6.07) is 4.32. The van der Waals surface area contributed by atoms with E-state index in [2.05, 4.69) is 14.7 Å². The lowest BCUT2D eigenvalue weighted by atomic mass is 9.94. The zero-order valence-corrected chi connectivity index (χ0v) is 17.2. The molecular formula is C18H22ClN3O5S. The van der Waals surface area contributed by atoms with Crippen LogP contribution in [0.1, 0.15) is 25.7 Å². The van der Waals surface area contributed by atoms with Crippen molar-refractivity contribution in [3.63, 3.8) is 0 Å². The van der Waals surface area contributed by atoms with Crippen LogP contribution in [0.15, 0.2) is 35.5 Å². The summed E-state index contributed by atoms with van der Waals surface area (Å²) in [5.41, 5.74) is 0. The summed E-state index contributed by atoms with van der Waals surface area (Å²) < 4.78 is 44.3. The van der Waals surface area contributed by atoms with E-state index in [1.807, 2.05) is 0 Å². The Kier molecular flexibility index (Phi) is 6.58. The van der Waals surface area contributed by atoms with E-state index < -0.39 is 10.0 Å². The number of ether oxygens (including phenoxy) is 3. The molecule has 0 bridgehead atoms. The third-order valence-electron chi connectivity index (χ3n) is 4.50. The van der Waals surface area contributed by atoms with E-state index in [0.29, 0.717) is 42.5 Å². The molecule has 1 aliphatic rings. The summed E-state index contributed by atoms with van der Waals surface area (Å²) in [7, 11) is -0.813. The van der Waals surface area contributed by atoms with E-state index in [1.54, 1.807) is 6.07 Å². The number of nitrogens with one attached hydrogen (secondary N) is 1. The van der Waals surface area contributed by atoms with E-state index in [9.17, 15) is 8.42 Å². The van der Waals surface area contributed by atoms with Crippen molar-refractivity contribution < 1.29 is 22.6 Å². The fourth-order valence-corrected chi connectivity index (χ4v) is 4.84. The highest BCUT2D eigenvalue weighted by Crippen LogP contribution is 2.29. The molecule has 28 heavy (non-hydrogen) atoms. The van der Waals surface area contributed by atoms with Gasteiger partial charge in [-0.3, -0.25) is 4.98 Å². The highest BCUT2D eigenvalue weighted by molar-refractivity contribution is 7.89. The van der Waals surface area contributed by atoms with Gasteiger partial charge in [0.1, 0.15) is 16.7 Å². The van der Waals surface area contributed by atoms with Crippen molar-refractivity contribution in [3.8, 4) is 17.5 Å². The molecule has 0 unspecified atom stereocenters. The first-order valence-corrected chi connectivity index (χ1v) is 10.7. The van der Waals surface area contributed by atoms with Gasteiger partial charge < -0.3 is 14.2 Å². The number of hydrogen-bond donors (Lipinski definition) is 1. The average Bonchev–Trinajstić information content (AvgIpc) is 2.69. The first-order chi connectivity index (χ1) is 13.4. The van der Waals surface area contributed by atoms with Gasteiger partial charge in [-0.1, -0.05) is 11.6 Å². The van der Waals surface area contributed by atoms with Crippen LogP contribution in [0.3, 0.4) is 0 Å². The van der Waals surface area contributed by atoms with Crippen molar-refractivity contribution >= 4 is 21.6 Å². The fraction of sp³-hybridized carbons (Fsp3) is 0.444. The largest absolute Gasteiger partial charge is 0.495 e. The van der Waals surface area contributed by atoms with Crippen LogP contribution in [-0.4, -0.2) is 44.8 Å². The normalized spacial score (nSPS) is 19.8. The molecule has 0 amide bonds. The van der Waals surface area contributed by atoms with E-state index in [4.69, 9.17) is 25.8 Å². The average molecular weight is 428 g/mol. The van der Waals surface area contributed by atoms with Crippen molar-refractivity contribution in [2.75, 3.05) is 14.2 Å². The lowest BCUT2D eigenvalue weighted by Gasteiger charge is -2.29. The monoisotopic (exact) mass is 427 g/mol. The van der Waals surface area contributed by atoms with Crippen LogP contribution < -0.4 is 18.9 Å². The fourth-order valence-electron chi connectivity index (χ4n) is 3.10. The summed E-state index contributed by atoms with van der Waals surface area (Å²) >= 11 is 5.96. The smallest absolute Gasteiger partial charge is 0.244 e. The van der Waals surface area contributed by atoms with Crippen LogP contribution in [-0.2, 0) is 10.0 Å². The van der Waals surface area contributed by atoms with E-state index >= 15 is 0 Å². The van der Waals surface area contributed by atoms with E-state index in [-0.39, 0.29) is 22.8 Å². The molecule has 1 aromatic heterocycles. The molecule has 10 heteroatoms. The van der Waals surface area contributed by atoms with Gasteiger partial charge >= 0.3 is 0 Å². The zero-order chi connectivity index (χ0) is 20.1. The second kappa shape index (κ2) is 8.93. The van der Waals surface area contributed by atoms with Crippen molar-refractivity contribution in [2.45, 2.75) is 42.7 Å². The SMILES string of the molecule is COc1cncc(OC2CCC(NS(=O)(=O)c3cc(Cl)ccc3OC)CC2)n1. The molecule has 0 saturated heterocycles. The molecule has 0 atom stereocenters. The van der Waals surface area contributed by atoms with Crippen molar-refractivity contribution in [3.05, 3.63) is 35.6 Å². The molecule has 1 N–H and O–H groups in total. The third-order valence-corrected chi connectivity index (χ3v) is 6.27. The molecule has 1 saturated carbocycles. The summed E-state index contributed by atoms with van der Waals surface area (Å²) in [4.78, 5) is 8.24. The molecule has 1 heterocycles. The predicted octanol–water partition coefficient (Wildman–Crippen LogP) is 2.82. The maximum atomic E-state index is 12.8. The predicted molar refractivity (Wildman–Crippen MR) is 104 cm³/mol. The molecular weight excluding hydrogens is 406 g/mol. The van der Waals surface area contributed by atoms with Crippen LogP contribution in [0.4, 0.5) is 0 Å². The van der Waals surface area contributed by atoms with Crippen LogP contribution in [0.25, 0.3) is 0 Å². The molecule has 152 valence electrons. The molecule has 1 fully saturated rings. The highest BCUT2D eigenvalue weighted by Gasteiger charge is 2.28. The Balaban J connectivity index is 1.60. The molecule has 0 radical (unpaired) electrons. The number of hydrogen-bond acceptors (Lipinski definition) is 7. The van der Waals surface area contributed by atoms with Crippen LogP contribution in [0, 0.1) is 0 Å². The second-order valence-electron chi connectivity index (χ2n) is 6.41. The Bertz CT molecular complexity index is 917. The summed E-state index contributed by atoms with van der Waals surface area (Å²) in [6.07, 6.45) is 5.65. The van der Waals surface area contributed by atoms with Gasteiger partial charge in [0.2, 0.25) is 21.8 Å². The van der Waals surface area contributed by atoms with Gasteiger partial charge in [-0.25, -0.2) is 13.1 Å². The first-order valence-electron chi connectivity index (χ1n) is 8.80. The molecule has 2 aromatic rings. The number of nitrogens with zero attached hydrogens (tertiary/aromatic N) is 2. The number of halogens is 1. The number of rotatable bonds is 7. The summed E-state index contributed by atoms with van der Waals surface area (Å²) in [6.45, 7) is 0. The van der Waals surface area contributed by atoms with Crippen molar-refractivity contribution in [2.24, 2.45) is 0 Å². The number of methoxy groups -OCH3 is 2. The lowest BCUT2D eigenvalue weighted by Crippen LogP contribution is -2.39. The van der Waals surface area contributed by atoms with Crippen LogP contribution >= 0.6 is 11.6 Å². The molecule has 8 nitrogen and oxygen atoms in total. The zero-order valence-electron chi connectivity index (χ0n) is 15.6. The first kappa shape index (κ1) is 20.6. The molecule has 0 aliphatic heterocycles. The quantitative estimate of drug-likeness (QED) is 0.725. The standard InChI is InChI=1S/C18H22ClN3O5S/c1-25-15-8-3-12(19)9-16(15)28(23,24)22-13-4-6-14(7-5-13)27-18-11-20-10-17(21-18)26-2/h3,8-11,13-14,22H,4-7H2,1-2H3. The minimum absolute atomic E-state index is 0.0347. The third kappa shape index (κ3) is 5.03. The van der Waals surface area contributed by atoms with Crippen molar-refractivity contribution in [1.82, 2.24) is 14.7 Å². The molecule has 0 spiro atoms. The van der Waals surface area contributed by atoms with Gasteiger partial charge in [0, 0.05) is 11.1 Å². The Hall–Kier alpha value is -2.10.